The summed E-state index contributed by atoms with van der Waals surface area (Å²) in [6.45, 7) is 4.52. The van der Waals surface area contributed by atoms with Gasteiger partial charge in [-0.2, -0.15) is 0 Å². The molecule has 0 saturated heterocycles. The lowest BCUT2D eigenvalue weighted by atomic mass is 10.00. The normalized spacial score (nSPS) is 26.3. The summed E-state index contributed by atoms with van der Waals surface area (Å²) in [4.78, 5) is 0. The first-order chi connectivity index (χ1) is 7.20. The molecule has 2 rings (SSSR count). The zero-order chi connectivity index (χ0) is 10.8. The molecule has 1 aliphatic carbocycles. The highest BCUT2D eigenvalue weighted by Gasteiger charge is 2.38. The fourth-order valence-corrected chi connectivity index (χ4v) is 2.47. The third kappa shape index (κ3) is 2.60. The standard InChI is InChI=1S/C14H21N/c1-10-5-4-6-12(7-10)9-14(15-3)13-8-11(13)2/h4-7,11,13-15H,8-9H2,1-3H3. The van der Waals surface area contributed by atoms with Crippen molar-refractivity contribution in [3.05, 3.63) is 35.4 Å². The van der Waals surface area contributed by atoms with Crippen LogP contribution in [0.1, 0.15) is 24.5 Å². The van der Waals surface area contributed by atoms with E-state index in [4.69, 9.17) is 0 Å². The van der Waals surface area contributed by atoms with Crippen molar-refractivity contribution in [2.75, 3.05) is 7.05 Å². The topological polar surface area (TPSA) is 12.0 Å². The fraction of sp³-hybridized carbons (Fsp3) is 0.571. The van der Waals surface area contributed by atoms with Gasteiger partial charge in [0.2, 0.25) is 0 Å². The van der Waals surface area contributed by atoms with Crippen LogP contribution in [0.15, 0.2) is 24.3 Å². The van der Waals surface area contributed by atoms with Crippen molar-refractivity contribution in [3.8, 4) is 0 Å². The fourth-order valence-electron chi connectivity index (χ4n) is 2.47. The van der Waals surface area contributed by atoms with Crippen LogP contribution in [0.25, 0.3) is 0 Å². The molecule has 1 fully saturated rings. The Morgan fingerprint density at radius 2 is 2.20 bits per heavy atom. The maximum atomic E-state index is 3.46. The zero-order valence-electron chi connectivity index (χ0n) is 9.96. The second kappa shape index (κ2) is 4.36. The Bertz CT molecular complexity index is 332. The van der Waals surface area contributed by atoms with E-state index in [1.165, 1.54) is 24.0 Å². The van der Waals surface area contributed by atoms with Crippen molar-refractivity contribution in [3.63, 3.8) is 0 Å². The number of aryl methyl sites for hydroxylation is 1. The van der Waals surface area contributed by atoms with Crippen molar-refractivity contribution in [2.24, 2.45) is 11.8 Å². The highest BCUT2D eigenvalue weighted by atomic mass is 14.9. The molecular formula is C14H21N. The van der Waals surface area contributed by atoms with Gasteiger partial charge in [0.25, 0.3) is 0 Å². The monoisotopic (exact) mass is 203 g/mol. The summed E-state index contributed by atoms with van der Waals surface area (Å²) in [5.41, 5.74) is 2.83. The molecule has 3 unspecified atom stereocenters. The van der Waals surface area contributed by atoms with E-state index in [1.807, 2.05) is 0 Å². The van der Waals surface area contributed by atoms with Gasteiger partial charge in [-0.25, -0.2) is 0 Å². The Balaban J connectivity index is 2.00. The van der Waals surface area contributed by atoms with Crippen LogP contribution in [0.5, 0.6) is 0 Å². The van der Waals surface area contributed by atoms with Crippen molar-refractivity contribution in [2.45, 2.75) is 32.7 Å². The van der Waals surface area contributed by atoms with Crippen molar-refractivity contribution in [1.29, 1.82) is 0 Å². The first-order valence-electron chi connectivity index (χ1n) is 5.93. The maximum absolute atomic E-state index is 3.46. The second-order valence-electron chi connectivity index (χ2n) is 4.97. The third-order valence-corrected chi connectivity index (χ3v) is 3.60. The lowest BCUT2D eigenvalue weighted by Gasteiger charge is -2.16. The lowest BCUT2D eigenvalue weighted by molar-refractivity contribution is 0.479. The average Bonchev–Trinajstić information content (AvgIpc) is 2.92. The summed E-state index contributed by atoms with van der Waals surface area (Å²) in [5.74, 6) is 1.82. The Morgan fingerprint density at radius 3 is 2.73 bits per heavy atom. The number of benzene rings is 1. The molecule has 1 aromatic carbocycles. The Morgan fingerprint density at radius 1 is 1.47 bits per heavy atom. The van der Waals surface area contributed by atoms with E-state index in [-0.39, 0.29) is 0 Å². The molecule has 3 atom stereocenters. The Hall–Kier alpha value is -0.820. The smallest absolute Gasteiger partial charge is 0.0135 e. The lowest BCUT2D eigenvalue weighted by Crippen LogP contribution is -2.30. The van der Waals surface area contributed by atoms with E-state index < -0.39 is 0 Å². The van der Waals surface area contributed by atoms with E-state index in [0.717, 1.165) is 11.8 Å². The molecule has 1 aromatic rings. The van der Waals surface area contributed by atoms with Crippen LogP contribution >= 0.6 is 0 Å². The molecule has 0 spiro atoms. The van der Waals surface area contributed by atoms with Gasteiger partial charge in [-0.1, -0.05) is 36.8 Å². The molecule has 15 heavy (non-hydrogen) atoms. The van der Waals surface area contributed by atoms with Gasteiger partial charge < -0.3 is 5.32 Å². The van der Waals surface area contributed by atoms with Gasteiger partial charge in [0.05, 0.1) is 0 Å². The molecular weight excluding hydrogens is 182 g/mol. The zero-order valence-corrected chi connectivity index (χ0v) is 9.96. The highest BCUT2D eigenvalue weighted by molar-refractivity contribution is 5.23. The molecule has 0 amide bonds. The molecule has 1 aliphatic rings. The summed E-state index contributed by atoms with van der Waals surface area (Å²) >= 11 is 0. The second-order valence-corrected chi connectivity index (χ2v) is 4.97. The largest absolute Gasteiger partial charge is 0.316 e. The maximum Gasteiger partial charge on any atom is 0.0135 e. The van der Waals surface area contributed by atoms with Crippen LogP contribution in [-0.2, 0) is 6.42 Å². The van der Waals surface area contributed by atoms with Crippen molar-refractivity contribution in [1.82, 2.24) is 5.32 Å². The van der Waals surface area contributed by atoms with Gasteiger partial charge in [0.1, 0.15) is 0 Å². The summed E-state index contributed by atoms with van der Waals surface area (Å²) in [7, 11) is 2.09. The number of likely N-dealkylation sites (N-methyl/N-ethyl adjacent to an activating group) is 1. The molecule has 0 aliphatic heterocycles. The number of hydrogen-bond donors (Lipinski definition) is 1. The molecule has 0 heterocycles. The molecule has 1 N–H and O–H groups in total. The van der Waals surface area contributed by atoms with Crippen LogP contribution in [0.2, 0.25) is 0 Å². The number of nitrogens with one attached hydrogen (secondary N) is 1. The van der Waals surface area contributed by atoms with Crippen molar-refractivity contribution < 1.29 is 0 Å². The van der Waals surface area contributed by atoms with E-state index in [1.54, 1.807) is 0 Å². The molecule has 0 radical (unpaired) electrons. The SMILES string of the molecule is CNC(Cc1cccc(C)c1)C1CC1C. The van der Waals surface area contributed by atoms with Crippen LogP contribution in [-0.4, -0.2) is 13.1 Å². The van der Waals surface area contributed by atoms with Crippen LogP contribution in [0.4, 0.5) is 0 Å². The van der Waals surface area contributed by atoms with E-state index in [0.29, 0.717) is 6.04 Å². The Kier molecular flexibility index (Phi) is 3.11. The van der Waals surface area contributed by atoms with E-state index in [9.17, 15) is 0 Å². The number of rotatable bonds is 4. The van der Waals surface area contributed by atoms with Gasteiger partial charge >= 0.3 is 0 Å². The minimum absolute atomic E-state index is 0.668. The first-order valence-corrected chi connectivity index (χ1v) is 5.93. The van der Waals surface area contributed by atoms with E-state index in [2.05, 4.69) is 50.5 Å². The van der Waals surface area contributed by atoms with Crippen LogP contribution in [0, 0.1) is 18.8 Å². The predicted octanol–water partition coefficient (Wildman–Crippen LogP) is 2.78. The minimum atomic E-state index is 0.668. The van der Waals surface area contributed by atoms with Crippen molar-refractivity contribution >= 4 is 0 Å². The quantitative estimate of drug-likeness (QED) is 0.793. The molecule has 1 heteroatoms. The first kappa shape index (κ1) is 10.7. The molecule has 1 nitrogen and oxygen atoms in total. The number of hydrogen-bond acceptors (Lipinski definition) is 1. The van der Waals surface area contributed by atoms with Gasteiger partial charge in [-0.3, -0.25) is 0 Å². The summed E-state index contributed by atoms with van der Waals surface area (Å²) in [5, 5.41) is 3.46. The van der Waals surface area contributed by atoms with Gasteiger partial charge in [-0.05, 0) is 44.2 Å². The highest BCUT2D eigenvalue weighted by Crippen LogP contribution is 2.41. The van der Waals surface area contributed by atoms with E-state index >= 15 is 0 Å². The molecule has 0 aromatic heterocycles. The molecule has 0 bridgehead atoms. The Labute approximate surface area is 92.9 Å². The molecule has 82 valence electrons. The van der Waals surface area contributed by atoms with Gasteiger partial charge in [0.15, 0.2) is 0 Å². The van der Waals surface area contributed by atoms with Gasteiger partial charge in [0, 0.05) is 6.04 Å². The summed E-state index contributed by atoms with van der Waals surface area (Å²) < 4.78 is 0. The van der Waals surface area contributed by atoms with Gasteiger partial charge in [-0.15, -0.1) is 0 Å². The molecule has 1 saturated carbocycles. The average molecular weight is 203 g/mol. The predicted molar refractivity (Wildman–Crippen MR) is 65.0 cm³/mol. The van der Waals surface area contributed by atoms with Crippen LogP contribution < -0.4 is 5.32 Å². The summed E-state index contributed by atoms with van der Waals surface area (Å²) in [6, 6.07) is 9.54. The van der Waals surface area contributed by atoms with Crippen LogP contribution in [0.3, 0.4) is 0 Å². The third-order valence-electron chi connectivity index (χ3n) is 3.60. The minimum Gasteiger partial charge on any atom is -0.316 e. The summed E-state index contributed by atoms with van der Waals surface area (Å²) in [6.07, 6.45) is 2.57.